The van der Waals surface area contributed by atoms with E-state index >= 15 is 0 Å². The molecule has 112 valence electrons. The van der Waals surface area contributed by atoms with Crippen molar-refractivity contribution in [1.29, 1.82) is 5.26 Å². The molecule has 0 unspecified atom stereocenters. The second kappa shape index (κ2) is 5.24. The van der Waals surface area contributed by atoms with E-state index in [4.69, 9.17) is 15.7 Å². The molecule has 0 amide bonds. The van der Waals surface area contributed by atoms with Gasteiger partial charge in [-0.2, -0.15) is 5.26 Å². The number of nitrogen functional groups attached to an aromatic ring is 1. The average molecular weight is 315 g/mol. The highest BCUT2D eigenvalue weighted by Gasteiger charge is 2.30. The van der Waals surface area contributed by atoms with E-state index in [9.17, 15) is 8.42 Å². The normalized spacial score (nSPS) is 13.9. The zero-order valence-electron chi connectivity index (χ0n) is 11.6. The minimum atomic E-state index is -3.78. The Morgan fingerprint density at radius 1 is 1.23 bits per heavy atom. The molecule has 2 aromatic rings. The second-order valence-electron chi connectivity index (χ2n) is 4.79. The molecule has 0 atom stereocenters. The van der Waals surface area contributed by atoms with Gasteiger partial charge in [-0.3, -0.25) is 4.31 Å². The lowest BCUT2D eigenvalue weighted by Gasteiger charge is -2.30. The Bertz CT molecular complexity index is 872. The van der Waals surface area contributed by atoms with E-state index in [1.807, 2.05) is 6.07 Å². The summed E-state index contributed by atoms with van der Waals surface area (Å²) in [4.78, 5) is 0.0711. The highest BCUT2D eigenvalue weighted by molar-refractivity contribution is 7.92. The number of ether oxygens (including phenoxy) is 1. The molecule has 2 aromatic carbocycles. The van der Waals surface area contributed by atoms with Crippen LogP contribution in [0.3, 0.4) is 0 Å². The number of anilines is 2. The van der Waals surface area contributed by atoms with Crippen molar-refractivity contribution in [3.05, 3.63) is 48.0 Å². The molecule has 3 rings (SSSR count). The topological polar surface area (TPSA) is 96.4 Å². The van der Waals surface area contributed by atoms with Crippen molar-refractivity contribution in [1.82, 2.24) is 0 Å². The van der Waals surface area contributed by atoms with Crippen molar-refractivity contribution < 1.29 is 13.2 Å². The van der Waals surface area contributed by atoms with Gasteiger partial charge in [-0.25, -0.2) is 8.42 Å². The summed E-state index contributed by atoms with van der Waals surface area (Å²) in [5, 5.41) is 8.94. The summed E-state index contributed by atoms with van der Waals surface area (Å²) >= 11 is 0. The number of nitrogens with two attached hydrogens (primary N) is 1. The highest BCUT2D eigenvalue weighted by atomic mass is 32.2. The van der Waals surface area contributed by atoms with E-state index in [1.165, 1.54) is 16.4 Å². The number of nitrogens with zero attached hydrogens (tertiary/aromatic N) is 2. The Balaban J connectivity index is 2.11. The standard InChI is InChI=1S/C15H13N3O3S/c16-10-11-2-1-3-13(8-11)22(19,20)18-6-7-21-15-5-4-12(17)9-14(15)18/h1-5,8-9H,6-7,17H2. The Morgan fingerprint density at radius 3 is 2.82 bits per heavy atom. The van der Waals surface area contributed by atoms with E-state index < -0.39 is 10.0 Å². The largest absolute Gasteiger partial charge is 0.489 e. The average Bonchev–Trinajstić information content (AvgIpc) is 2.54. The summed E-state index contributed by atoms with van der Waals surface area (Å²) in [6.07, 6.45) is 0. The monoisotopic (exact) mass is 315 g/mol. The van der Waals surface area contributed by atoms with Gasteiger partial charge in [-0.1, -0.05) is 6.07 Å². The summed E-state index contributed by atoms with van der Waals surface area (Å²) in [7, 11) is -3.78. The van der Waals surface area contributed by atoms with Crippen LogP contribution in [0.5, 0.6) is 5.75 Å². The van der Waals surface area contributed by atoms with Crippen LogP contribution in [0, 0.1) is 11.3 Å². The van der Waals surface area contributed by atoms with Crippen molar-refractivity contribution in [3.63, 3.8) is 0 Å². The predicted octanol–water partition coefficient (Wildman–Crippen LogP) is 1.73. The lowest BCUT2D eigenvalue weighted by Crippen LogP contribution is -2.38. The number of sulfonamides is 1. The first-order chi connectivity index (χ1) is 10.5. The maximum Gasteiger partial charge on any atom is 0.264 e. The van der Waals surface area contributed by atoms with Crippen LogP contribution in [-0.4, -0.2) is 21.6 Å². The maximum atomic E-state index is 12.8. The molecule has 0 saturated heterocycles. The lowest BCUT2D eigenvalue weighted by molar-refractivity contribution is 0.316. The van der Waals surface area contributed by atoms with Crippen LogP contribution in [0.2, 0.25) is 0 Å². The first-order valence-electron chi connectivity index (χ1n) is 6.57. The van der Waals surface area contributed by atoms with Gasteiger partial charge in [0.2, 0.25) is 0 Å². The number of benzene rings is 2. The number of nitriles is 1. The van der Waals surface area contributed by atoms with Crippen LogP contribution in [0.1, 0.15) is 5.56 Å². The first kappa shape index (κ1) is 14.2. The smallest absolute Gasteiger partial charge is 0.264 e. The molecule has 0 aliphatic carbocycles. The van der Waals surface area contributed by atoms with Crippen molar-refractivity contribution >= 4 is 21.4 Å². The molecular formula is C15H13N3O3S. The van der Waals surface area contributed by atoms with Crippen molar-refractivity contribution in [3.8, 4) is 11.8 Å². The summed E-state index contributed by atoms with van der Waals surface area (Å²) in [6.45, 7) is 0.448. The fourth-order valence-electron chi connectivity index (χ4n) is 2.31. The van der Waals surface area contributed by atoms with E-state index in [2.05, 4.69) is 0 Å². The summed E-state index contributed by atoms with van der Waals surface area (Å²) in [5.41, 5.74) is 6.91. The lowest BCUT2D eigenvalue weighted by atomic mass is 10.2. The van der Waals surface area contributed by atoms with Gasteiger partial charge in [0.25, 0.3) is 10.0 Å². The molecule has 0 saturated carbocycles. The number of rotatable bonds is 2. The molecule has 0 aromatic heterocycles. The molecule has 2 N–H and O–H groups in total. The van der Waals surface area contributed by atoms with Crippen LogP contribution < -0.4 is 14.8 Å². The number of hydrogen-bond donors (Lipinski definition) is 1. The third kappa shape index (κ3) is 2.34. The van der Waals surface area contributed by atoms with Gasteiger partial charge >= 0.3 is 0 Å². The van der Waals surface area contributed by atoms with E-state index in [0.29, 0.717) is 22.7 Å². The zero-order valence-corrected chi connectivity index (χ0v) is 12.4. The third-order valence-corrected chi connectivity index (χ3v) is 5.16. The molecule has 0 spiro atoms. The van der Waals surface area contributed by atoms with E-state index in [0.717, 1.165) is 0 Å². The molecule has 22 heavy (non-hydrogen) atoms. The Morgan fingerprint density at radius 2 is 2.05 bits per heavy atom. The zero-order chi connectivity index (χ0) is 15.7. The maximum absolute atomic E-state index is 12.8. The second-order valence-corrected chi connectivity index (χ2v) is 6.65. The Hall–Kier alpha value is -2.72. The van der Waals surface area contributed by atoms with Crippen molar-refractivity contribution in [2.45, 2.75) is 4.90 Å². The fourth-order valence-corrected chi connectivity index (χ4v) is 3.81. The summed E-state index contributed by atoms with van der Waals surface area (Å²) < 4.78 is 32.4. The minimum absolute atomic E-state index is 0.0711. The first-order valence-corrected chi connectivity index (χ1v) is 8.01. The molecule has 0 fully saturated rings. The highest BCUT2D eigenvalue weighted by Crippen LogP contribution is 2.36. The molecule has 7 heteroatoms. The van der Waals surface area contributed by atoms with Gasteiger partial charge in [-0.05, 0) is 36.4 Å². The van der Waals surface area contributed by atoms with Crippen molar-refractivity contribution in [2.75, 3.05) is 23.2 Å². The SMILES string of the molecule is N#Cc1cccc(S(=O)(=O)N2CCOc3ccc(N)cc32)c1. The third-order valence-electron chi connectivity index (χ3n) is 3.35. The minimum Gasteiger partial charge on any atom is -0.489 e. The quantitative estimate of drug-likeness (QED) is 0.851. The predicted molar refractivity (Wildman–Crippen MR) is 82.0 cm³/mol. The van der Waals surface area contributed by atoms with Gasteiger partial charge in [-0.15, -0.1) is 0 Å². The molecule has 1 aliphatic heterocycles. The molecular weight excluding hydrogens is 302 g/mol. The van der Waals surface area contributed by atoms with Crippen LogP contribution in [-0.2, 0) is 10.0 Å². The van der Waals surface area contributed by atoms with Crippen LogP contribution >= 0.6 is 0 Å². The van der Waals surface area contributed by atoms with Crippen molar-refractivity contribution in [2.24, 2.45) is 0 Å². The summed E-state index contributed by atoms with van der Waals surface area (Å²) in [5.74, 6) is 0.473. The Kier molecular flexibility index (Phi) is 3.39. The van der Waals surface area contributed by atoms with Gasteiger partial charge in [0, 0.05) is 5.69 Å². The molecule has 6 nitrogen and oxygen atoms in total. The number of fused-ring (bicyclic) bond motifs is 1. The molecule has 0 radical (unpaired) electrons. The Labute approximate surface area is 128 Å². The van der Waals surface area contributed by atoms with E-state index in [-0.39, 0.29) is 18.0 Å². The molecule has 0 bridgehead atoms. The summed E-state index contributed by atoms with van der Waals surface area (Å²) in [6, 6.07) is 12.8. The van der Waals surface area contributed by atoms with Gasteiger partial charge in [0.05, 0.1) is 28.8 Å². The van der Waals surface area contributed by atoms with Crippen LogP contribution in [0.15, 0.2) is 47.4 Å². The van der Waals surface area contributed by atoms with Crippen LogP contribution in [0.4, 0.5) is 11.4 Å². The van der Waals surface area contributed by atoms with Crippen LogP contribution in [0.25, 0.3) is 0 Å². The molecule has 1 heterocycles. The van der Waals surface area contributed by atoms with Gasteiger partial charge in [0.1, 0.15) is 12.4 Å². The molecule has 1 aliphatic rings. The van der Waals surface area contributed by atoms with E-state index in [1.54, 1.807) is 30.3 Å². The number of hydrogen-bond acceptors (Lipinski definition) is 5. The van der Waals surface area contributed by atoms with Gasteiger partial charge in [0.15, 0.2) is 0 Å². The fraction of sp³-hybridized carbons (Fsp3) is 0.133. The van der Waals surface area contributed by atoms with Gasteiger partial charge < -0.3 is 10.5 Å².